The van der Waals surface area contributed by atoms with Crippen molar-refractivity contribution < 1.29 is 9.53 Å². The molecule has 1 aromatic heterocycles. The van der Waals surface area contributed by atoms with E-state index in [1.54, 1.807) is 18.1 Å². The Kier molecular flexibility index (Phi) is 5.83. The van der Waals surface area contributed by atoms with Crippen LogP contribution in [-0.2, 0) is 13.1 Å². The minimum Gasteiger partial charge on any atom is -0.496 e. The second-order valence-electron chi connectivity index (χ2n) is 7.46. The fourth-order valence-electron chi connectivity index (χ4n) is 4.02. The number of halogens is 2. The van der Waals surface area contributed by atoms with Crippen LogP contribution in [0.1, 0.15) is 43.4 Å². The average molecular weight is 481 g/mol. The first kappa shape index (κ1) is 20.2. The first-order valence-corrected chi connectivity index (χ1v) is 10.9. The van der Waals surface area contributed by atoms with Crippen molar-refractivity contribution in [2.24, 2.45) is 0 Å². The molecule has 9 heteroatoms. The molecule has 29 heavy (non-hydrogen) atoms. The van der Waals surface area contributed by atoms with Crippen LogP contribution in [0.5, 0.6) is 5.75 Å². The van der Waals surface area contributed by atoms with E-state index in [9.17, 15) is 4.79 Å². The summed E-state index contributed by atoms with van der Waals surface area (Å²) >= 11 is 9.93. The number of methoxy groups -OCH3 is 1. The number of urea groups is 1. The molecule has 4 rings (SSSR count). The number of nitrogens with zero attached hydrogens (tertiary/aromatic N) is 3. The van der Waals surface area contributed by atoms with Gasteiger partial charge in [-0.3, -0.25) is 0 Å². The van der Waals surface area contributed by atoms with Crippen molar-refractivity contribution in [3.8, 4) is 17.0 Å². The summed E-state index contributed by atoms with van der Waals surface area (Å²) in [5.74, 6) is 0.798. The Balaban J connectivity index is 1.62. The van der Waals surface area contributed by atoms with Crippen molar-refractivity contribution >= 4 is 39.5 Å². The van der Waals surface area contributed by atoms with Gasteiger partial charge in [0.25, 0.3) is 0 Å². The number of carbonyl (C=O) groups is 1. The maximum atomic E-state index is 12.8. The lowest BCUT2D eigenvalue weighted by Gasteiger charge is -2.25. The Morgan fingerprint density at radius 3 is 2.76 bits per heavy atom. The minimum absolute atomic E-state index is 0.0705. The molecule has 2 aromatic rings. The first-order chi connectivity index (χ1) is 14.0. The molecule has 7 nitrogen and oxygen atoms in total. The number of rotatable bonds is 3. The fraction of sp³-hybridized carbons (Fsp3) is 0.450. The molecule has 0 radical (unpaired) electrons. The molecule has 0 saturated heterocycles. The molecule has 0 spiro atoms. The second-order valence-corrected chi connectivity index (χ2v) is 8.72. The second kappa shape index (κ2) is 8.36. The third kappa shape index (κ3) is 4.14. The van der Waals surface area contributed by atoms with Crippen LogP contribution >= 0.6 is 27.5 Å². The van der Waals surface area contributed by atoms with Gasteiger partial charge in [-0.15, -0.1) is 0 Å². The molecule has 2 heterocycles. The molecule has 154 valence electrons. The van der Waals surface area contributed by atoms with E-state index in [1.165, 1.54) is 19.3 Å². The summed E-state index contributed by atoms with van der Waals surface area (Å²) in [6.07, 6.45) is 5.66. The number of benzene rings is 1. The maximum absolute atomic E-state index is 12.8. The molecule has 2 aliphatic rings. The molecule has 3 N–H and O–H groups in total. The predicted octanol–water partition coefficient (Wildman–Crippen LogP) is 4.51. The number of nitrogen functional groups attached to an aromatic ring is 1. The van der Waals surface area contributed by atoms with Crippen LogP contribution < -0.4 is 15.8 Å². The lowest BCUT2D eigenvalue weighted by atomic mass is 9.96. The number of aromatic nitrogens is 2. The highest BCUT2D eigenvalue weighted by molar-refractivity contribution is 9.10. The summed E-state index contributed by atoms with van der Waals surface area (Å²) in [5.41, 5.74) is 8.92. The van der Waals surface area contributed by atoms with Gasteiger partial charge in [0.1, 0.15) is 5.75 Å². The Hall–Kier alpha value is -2.06. The number of ether oxygens (including phenoxy) is 1. The van der Waals surface area contributed by atoms with E-state index in [1.807, 2.05) is 6.07 Å². The molecular weight excluding hydrogens is 458 g/mol. The Bertz CT molecular complexity index is 949. The van der Waals surface area contributed by atoms with Crippen LogP contribution in [0.15, 0.2) is 16.6 Å². The van der Waals surface area contributed by atoms with Gasteiger partial charge in [0.05, 0.1) is 41.1 Å². The highest BCUT2D eigenvalue weighted by Crippen LogP contribution is 2.39. The van der Waals surface area contributed by atoms with E-state index in [2.05, 4.69) is 31.2 Å². The Morgan fingerprint density at radius 2 is 2.03 bits per heavy atom. The summed E-state index contributed by atoms with van der Waals surface area (Å²) in [6, 6.07) is 3.77. The standard InChI is InChI=1S/C20H23BrClN5O2/c1-29-17-7-12(15(22)8-14(17)21)18-13-9-27(10-16(13)25-19(23)26-18)20(28)24-11-5-3-2-4-6-11/h7-8,11H,2-6,9-10H2,1H3,(H,24,28)(H2,23,25,26). The van der Waals surface area contributed by atoms with Gasteiger partial charge in [-0.25, -0.2) is 14.8 Å². The van der Waals surface area contributed by atoms with Crippen molar-refractivity contribution in [2.75, 3.05) is 12.8 Å². The van der Waals surface area contributed by atoms with Crippen LogP contribution in [0, 0.1) is 0 Å². The SMILES string of the molecule is COc1cc(-c2nc(N)nc3c2CN(C(=O)NC2CCCCC2)C3)c(Cl)cc1Br. The normalized spacial score (nSPS) is 16.6. The van der Waals surface area contributed by atoms with Crippen LogP contribution in [0.25, 0.3) is 11.3 Å². The van der Waals surface area contributed by atoms with Crippen LogP contribution in [0.2, 0.25) is 5.02 Å². The minimum atomic E-state index is -0.0705. The van der Waals surface area contributed by atoms with Crippen LogP contribution in [0.4, 0.5) is 10.7 Å². The van der Waals surface area contributed by atoms with Crippen LogP contribution in [0.3, 0.4) is 0 Å². The Morgan fingerprint density at radius 1 is 1.28 bits per heavy atom. The maximum Gasteiger partial charge on any atom is 0.318 e. The zero-order valence-electron chi connectivity index (χ0n) is 16.2. The summed E-state index contributed by atoms with van der Waals surface area (Å²) in [6.45, 7) is 0.817. The van der Waals surface area contributed by atoms with E-state index >= 15 is 0 Å². The number of hydrogen-bond donors (Lipinski definition) is 2. The predicted molar refractivity (Wildman–Crippen MR) is 116 cm³/mol. The van der Waals surface area contributed by atoms with Crippen molar-refractivity contribution in [2.45, 2.75) is 51.2 Å². The fourth-order valence-corrected chi connectivity index (χ4v) is 4.91. The summed E-state index contributed by atoms with van der Waals surface area (Å²) in [7, 11) is 1.59. The van der Waals surface area contributed by atoms with Gasteiger partial charge in [0, 0.05) is 17.2 Å². The van der Waals surface area contributed by atoms with Gasteiger partial charge in [-0.1, -0.05) is 30.9 Å². The summed E-state index contributed by atoms with van der Waals surface area (Å²) < 4.78 is 6.15. The zero-order valence-corrected chi connectivity index (χ0v) is 18.5. The highest BCUT2D eigenvalue weighted by Gasteiger charge is 2.30. The number of amides is 2. The van der Waals surface area contributed by atoms with Gasteiger partial charge in [-0.2, -0.15) is 0 Å². The average Bonchev–Trinajstić information content (AvgIpc) is 3.12. The molecule has 1 fully saturated rings. The molecule has 2 amide bonds. The van der Waals surface area contributed by atoms with Crippen molar-refractivity contribution in [3.63, 3.8) is 0 Å². The highest BCUT2D eigenvalue weighted by atomic mass is 79.9. The van der Waals surface area contributed by atoms with Gasteiger partial charge in [0.15, 0.2) is 0 Å². The van der Waals surface area contributed by atoms with Crippen LogP contribution in [-0.4, -0.2) is 34.1 Å². The van der Waals surface area contributed by atoms with Gasteiger partial charge in [0.2, 0.25) is 5.95 Å². The summed E-state index contributed by atoms with van der Waals surface area (Å²) in [4.78, 5) is 23.4. The number of nitrogens with one attached hydrogen (secondary N) is 1. The van der Waals surface area contributed by atoms with E-state index < -0.39 is 0 Å². The van der Waals surface area contributed by atoms with Crippen molar-refractivity contribution in [1.82, 2.24) is 20.2 Å². The number of fused-ring (bicyclic) bond motifs is 1. The molecule has 1 saturated carbocycles. The number of hydrogen-bond acceptors (Lipinski definition) is 5. The lowest BCUT2D eigenvalue weighted by molar-refractivity contribution is 0.190. The van der Waals surface area contributed by atoms with Gasteiger partial charge < -0.3 is 20.7 Å². The number of carbonyl (C=O) groups excluding carboxylic acids is 1. The first-order valence-electron chi connectivity index (χ1n) is 9.70. The van der Waals surface area contributed by atoms with E-state index in [4.69, 9.17) is 22.1 Å². The largest absolute Gasteiger partial charge is 0.496 e. The molecule has 0 atom stereocenters. The van der Waals surface area contributed by atoms with E-state index in [0.29, 0.717) is 35.1 Å². The van der Waals surface area contributed by atoms with Gasteiger partial charge in [-0.05, 0) is 40.9 Å². The number of nitrogens with two attached hydrogens (primary N) is 1. The third-order valence-electron chi connectivity index (χ3n) is 5.52. The molecule has 1 aliphatic heterocycles. The van der Waals surface area contributed by atoms with Crippen molar-refractivity contribution in [1.29, 1.82) is 0 Å². The molecule has 1 aromatic carbocycles. The Labute approximate surface area is 183 Å². The van der Waals surface area contributed by atoms with E-state index in [0.717, 1.165) is 28.6 Å². The zero-order chi connectivity index (χ0) is 20.5. The molecular formula is C20H23BrClN5O2. The molecule has 0 unspecified atom stereocenters. The van der Waals surface area contributed by atoms with Gasteiger partial charge >= 0.3 is 6.03 Å². The monoisotopic (exact) mass is 479 g/mol. The third-order valence-corrected chi connectivity index (χ3v) is 6.45. The smallest absolute Gasteiger partial charge is 0.318 e. The van der Waals surface area contributed by atoms with Crippen molar-refractivity contribution in [3.05, 3.63) is 32.9 Å². The molecule has 1 aliphatic carbocycles. The summed E-state index contributed by atoms with van der Waals surface area (Å²) in [5, 5.41) is 3.68. The number of anilines is 1. The lowest BCUT2D eigenvalue weighted by Crippen LogP contribution is -2.43. The quantitative estimate of drug-likeness (QED) is 0.674. The molecule has 0 bridgehead atoms. The topological polar surface area (TPSA) is 93.4 Å². The van der Waals surface area contributed by atoms with E-state index in [-0.39, 0.29) is 18.0 Å².